The molecule has 1 aromatic carbocycles. The van der Waals surface area contributed by atoms with Crippen LogP contribution in [0.25, 0.3) is 5.52 Å². The summed E-state index contributed by atoms with van der Waals surface area (Å²) in [6, 6.07) is 12.5. The number of fused-ring (bicyclic) bond motifs is 1. The summed E-state index contributed by atoms with van der Waals surface area (Å²) in [7, 11) is -3.67. The summed E-state index contributed by atoms with van der Waals surface area (Å²) in [5.74, 6) is 0.278. The molecule has 2 aromatic heterocycles. The number of benzene rings is 1. The zero-order valence-corrected chi connectivity index (χ0v) is 14.1. The van der Waals surface area contributed by atoms with Crippen molar-refractivity contribution in [1.29, 1.82) is 0 Å². The zero-order chi connectivity index (χ0) is 16.7. The van der Waals surface area contributed by atoms with E-state index in [2.05, 4.69) is 30.5 Å². The van der Waals surface area contributed by atoms with Crippen molar-refractivity contribution in [2.75, 3.05) is 4.72 Å². The number of hydrogen-bond acceptors (Lipinski definition) is 3. The van der Waals surface area contributed by atoms with Crippen molar-refractivity contribution in [1.82, 2.24) is 9.38 Å². The number of nitrogens with one attached hydrogen (secondary N) is 1. The van der Waals surface area contributed by atoms with Gasteiger partial charge in [-0.3, -0.25) is 4.40 Å². The topological polar surface area (TPSA) is 63.5 Å². The lowest BCUT2D eigenvalue weighted by atomic mass is 9.87. The van der Waals surface area contributed by atoms with E-state index in [1.165, 1.54) is 0 Å². The van der Waals surface area contributed by atoms with Gasteiger partial charge in [-0.25, -0.2) is 18.1 Å². The van der Waals surface area contributed by atoms with Crippen molar-refractivity contribution in [2.24, 2.45) is 0 Å². The van der Waals surface area contributed by atoms with Crippen molar-refractivity contribution in [3.8, 4) is 0 Å². The summed E-state index contributed by atoms with van der Waals surface area (Å²) in [5.41, 5.74) is 1.89. The summed E-state index contributed by atoms with van der Waals surface area (Å²) >= 11 is 0. The van der Waals surface area contributed by atoms with Crippen molar-refractivity contribution in [3.63, 3.8) is 0 Å². The van der Waals surface area contributed by atoms with E-state index in [9.17, 15) is 8.42 Å². The molecule has 0 radical (unpaired) electrons. The Morgan fingerprint density at radius 2 is 1.74 bits per heavy atom. The molecule has 120 valence electrons. The molecule has 5 nitrogen and oxygen atoms in total. The van der Waals surface area contributed by atoms with E-state index in [-0.39, 0.29) is 16.3 Å². The molecule has 3 rings (SSSR count). The highest BCUT2D eigenvalue weighted by Gasteiger charge is 2.19. The van der Waals surface area contributed by atoms with Crippen molar-refractivity contribution in [2.45, 2.75) is 31.1 Å². The second-order valence-corrected chi connectivity index (χ2v) is 8.14. The minimum atomic E-state index is -3.67. The monoisotopic (exact) mass is 329 g/mol. The predicted octanol–water partition coefficient (Wildman–Crippen LogP) is 3.43. The number of pyridine rings is 1. The fourth-order valence-electron chi connectivity index (χ4n) is 2.33. The van der Waals surface area contributed by atoms with Crippen LogP contribution in [0.1, 0.15) is 26.3 Å². The van der Waals surface area contributed by atoms with Crippen LogP contribution in [0.15, 0.2) is 59.8 Å². The van der Waals surface area contributed by atoms with Gasteiger partial charge in [-0.2, -0.15) is 0 Å². The molecule has 0 saturated heterocycles. The smallest absolute Gasteiger partial charge is 0.264 e. The number of rotatable bonds is 3. The highest BCUT2D eigenvalue weighted by molar-refractivity contribution is 7.92. The molecule has 2 heterocycles. The first kappa shape index (κ1) is 15.6. The first-order chi connectivity index (χ1) is 10.8. The maximum atomic E-state index is 12.5. The Kier molecular flexibility index (Phi) is 3.64. The average molecular weight is 329 g/mol. The lowest BCUT2D eigenvalue weighted by Crippen LogP contribution is -2.16. The highest BCUT2D eigenvalue weighted by atomic mass is 32.2. The summed E-state index contributed by atoms with van der Waals surface area (Å²) < 4.78 is 29.3. The Morgan fingerprint density at radius 3 is 2.39 bits per heavy atom. The quantitative estimate of drug-likeness (QED) is 0.800. The Hall–Kier alpha value is -2.34. The highest BCUT2D eigenvalue weighted by Crippen LogP contribution is 2.24. The lowest BCUT2D eigenvalue weighted by molar-refractivity contribution is 0.587. The molecule has 0 saturated carbocycles. The fraction of sp³-hybridized carbons (Fsp3) is 0.235. The van der Waals surface area contributed by atoms with Crippen LogP contribution < -0.4 is 4.72 Å². The predicted molar refractivity (Wildman–Crippen MR) is 91.1 cm³/mol. The number of hydrogen-bond donors (Lipinski definition) is 1. The molecule has 0 fully saturated rings. The number of nitrogens with zero attached hydrogens (tertiary/aromatic N) is 2. The van der Waals surface area contributed by atoms with Gasteiger partial charge in [0.1, 0.15) is 0 Å². The second-order valence-electron chi connectivity index (χ2n) is 6.46. The third kappa shape index (κ3) is 3.07. The summed E-state index contributed by atoms with van der Waals surface area (Å²) in [6.45, 7) is 6.27. The molecule has 3 aromatic rings. The minimum absolute atomic E-state index is 0.0188. The van der Waals surface area contributed by atoms with E-state index in [1.54, 1.807) is 28.9 Å². The van der Waals surface area contributed by atoms with Crippen LogP contribution >= 0.6 is 0 Å². The third-order valence-corrected chi connectivity index (χ3v) is 5.04. The Labute approximate surface area is 136 Å². The number of sulfonamides is 1. The summed E-state index contributed by atoms with van der Waals surface area (Å²) in [4.78, 5) is 4.36. The molecule has 0 unspecified atom stereocenters. The molecule has 0 spiro atoms. The van der Waals surface area contributed by atoms with Crippen molar-refractivity contribution in [3.05, 3.63) is 60.4 Å². The first-order valence-corrected chi connectivity index (χ1v) is 8.81. The molecular weight excluding hydrogens is 310 g/mol. The van der Waals surface area contributed by atoms with E-state index < -0.39 is 10.0 Å². The standard InChI is InChI=1S/C17H19N3O2S/c1-17(2,3)13-7-9-15(10-8-13)23(21,22)19-16-18-12-14-6-4-5-11-20(14)16/h4-12H,1-3H3,(H,18,19). The van der Waals surface area contributed by atoms with Crippen LogP contribution in [0.2, 0.25) is 0 Å². The molecule has 0 aliphatic carbocycles. The van der Waals surface area contributed by atoms with Gasteiger partial charge in [0.05, 0.1) is 16.6 Å². The summed E-state index contributed by atoms with van der Waals surface area (Å²) in [5, 5.41) is 0. The molecular formula is C17H19N3O2S. The number of aromatic nitrogens is 2. The van der Waals surface area contributed by atoms with Gasteiger partial charge in [-0.1, -0.05) is 39.0 Å². The average Bonchev–Trinajstić information content (AvgIpc) is 2.89. The van der Waals surface area contributed by atoms with E-state index >= 15 is 0 Å². The van der Waals surface area contributed by atoms with Crippen LogP contribution in [-0.4, -0.2) is 17.8 Å². The molecule has 23 heavy (non-hydrogen) atoms. The van der Waals surface area contributed by atoms with Crippen LogP contribution in [0.5, 0.6) is 0 Å². The van der Waals surface area contributed by atoms with E-state index in [0.29, 0.717) is 0 Å². The molecule has 1 N–H and O–H groups in total. The first-order valence-electron chi connectivity index (χ1n) is 7.33. The molecule has 0 atom stereocenters. The minimum Gasteiger partial charge on any atom is -0.285 e. The Bertz CT molecular complexity index is 936. The van der Waals surface area contributed by atoms with Crippen molar-refractivity contribution < 1.29 is 8.42 Å². The van der Waals surface area contributed by atoms with Gasteiger partial charge in [0.2, 0.25) is 5.95 Å². The van der Waals surface area contributed by atoms with Gasteiger partial charge < -0.3 is 0 Å². The lowest BCUT2D eigenvalue weighted by Gasteiger charge is -2.19. The van der Waals surface area contributed by atoms with Gasteiger partial charge in [0.15, 0.2) is 0 Å². The van der Waals surface area contributed by atoms with Gasteiger partial charge in [-0.05, 0) is 35.2 Å². The van der Waals surface area contributed by atoms with E-state index in [4.69, 9.17) is 0 Å². The third-order valence-electron chi connectivity index (χ3n) is 3.69. The maximum Gasteiger partial charge on any atom is 0.264 e. The molecule has 0 aliphatic rings. The van der Waals surface area contributed by atoms with Crippen LogP contribution in [0.4, 0.5) is 5.95 Å². The Balaban J connectivity index is 1.93. The van der Waals surface area contributed by atoms with Gasteiger partial charge in [0.25, 0.3) is 10.0 Å². The summed E-state index contributed by atoms with van der Waals surface area (Å²) in [6.07, 6.45) is 3.39. The van der Waals surface area contributed by atoms with Gasteiger partial charge in [0, 0.05) is 6.20 Å². The molecule has 0 amide bonds. The number of anilines is 1. The van der Waals surface area contributed by atoms with Gasteiger partial charge >= 0.3 is 0 Å². The van der Waals surface area contributed by atoms with Crippen LogP contribution in [-0.2, 0) is 15.4 Å². The maximum absolute atomic E-state index is 12.5. The second kappa shape index (κ2) is 5.38. The fourth-order valence-corrected chi connectivity index (χ4v) is 3.34. The number of imidazole rings is 1. The zero-order valence-electron chi connectivity index (χ0n) is 13.3. The van der Waals surface area contributed by atoms with E-state index in [1.807, 2.05) is 30.3 Å². The SMILES string of the molecule is CC(C)(C)c1ccc(S(=O)(=O)Nc2ncc3ccccn23)cc1. The molecule has 6 heteroatoms. The largest absolute Gasteiger partial charge is 0.285 e. The van der Waals surface area contributed by atoms with Crippen LogP contribution in [0.3, 0.4) is 0 Å². The molecule has 0 bridgehead atoms. The van der Waals surface area contributed by atoms with E-state index in [0.717, 1.165) is 11.1 Å². The van der Waals surface area contributed by atoms with Crippen LogP contribution in [0, 0.1) is 0 Å². The normalized spacial score (nSPS) is 12.5. The van der Waals surface area contributed by atoms with Crippen molar-refractivity contribution >= 4 is 21.5 Å². The Morgan fingerprint density at radius 1 is 1.04 bits per heavy atom. The molecule has 0 aliphatic heterocycles. The van der Waals surface area contributed by atoms with Gasteiger partial charge in [-0.15, -0.1) is 0 Å².